The van der Waals surface area contributed by atoms with Crippen LogP contribution in [0, 0.1) is 5.82 Å². The van der Waals surface area contributed by atoms with Gasteiger partial charge in [0.2, 0.25) is 0 Å². The molecule has 0 amide bonds. The number of sulfone groups is 1. The molecule has 0 saturated carbocycles. The summed E-state index contributed by atoms with van der Waals surface area (Å²) in [4.78, 5) is 0.302. The average molecular weight is 293 g/mol. The second-order valence-corrected chi connectivity index (χ2v) is 6.65. The molecule has 20 heavy (non-hydrogen) atoms. The van der Waals surface area contributed by atoms with Crippen LogP contribution in [0.25, 0.3) is 0 Å². The van der Waals surface area contributed by atoms with Crippen molar-refractivity contribution in [1.29, 1.82) is 0 Å². The van der Waals surface area contributed by atoms with Crippen LogP contribution in [0.2, 0.25) is 0 Å². The summed E-state index contributed by atoms with van der Waals surface area (Å²) in [5.41, 5.74) is 1.32. The van der Waals surface area contributed by atoms with Gasteiger partial charge in [0.05, 0.1) is 10.6 Å². The predicted octanol–water partition coefficient (Wildman–Crippen LogP) is 3.23. The van der Waals surface area contributed by atoms with Crippen LogP contribution in [0.4, 0.5) is 10.1 Å². The summed E-state index contributed by atoms with van der Waals surface area (Å²) in [6.07, 6.45) is 0. The Morgan fingerprint density at radius 2 is 1.70 bits per heavy atom. The smallest absolute Gasteiger partial charge is 0.178 e. The Morgan fingerprint density at radius 1 is 1.05 bits per heavy atom. The van der Waals surface area contributed by atoms with E-state index in [0.717, 1.165) is 5.69 Å². The number of nitrogens with one attached hydrogen (secondary N) is 1. The second kappa shape index (κ2) is 6.05. The average Bonchev–Trinajstić information content (AvgIpc) is 2.47. The topological polar surface area (TPSA) is 46.2 Å². The van der Waals surface area contributed by atoms with Crippen LogP contribution in [0.15, 0.2) is 53.4 Å². The highest BCUT2D eigenvalue weighted by Gasteiger charge is 2.10. The molecule has 0 heterocycles. The Hall–Kier alpha value is -1.88. The number of anilines is 1. The Kier molecular flexibility index (Phi) is 4.39. The molecule has 2 aromatic rings. The molecule has 0 aromatic heterocycles. The molecule has 0 spiro atoms. The first kappa shape index (κ1) is 14.5. The molecule has 2 rings (SSSR count). The van der Waals surface area contributed by atoms with Gasteiger partial charge in [0.1, 0.15) is 5.82 Å². The minimum atomic E-state index is -3.18. The zero-order chi connectivity index (χ0) is 14.6. The number of benzene rings is 2. The van der Waals surface area contributed by atoms with Crippen molar-refractivity contribution in [1.82, 2.24) is 0 Å². The summed E-state index contributed by atoms with van der Waals surface area (Å²) in [7, 11) is -3.18. The molecule has 0 aliphatic carbocycles. The van der Waals surface area contributed by atoms with E-state index in [1.165, 1.54) is 6.07 Å². The summed E-state index contributed by atoms with van der Waals surface area (Å²) in [5, 5.41) is 3.06. The zero-order valence-corrected chi connectivity index (χ0v) is 12.0. The van der Waals surface area contributed by atoms with Crippen molar-refractivity contribution in [2.24, 2.45) is 0 Å². The minimum Gasteiger partial charge on any atom is -0.381 e. The molecular weight excluding hydrogens is 277 g/mol. The molecule has 0 unspecified atom stereocenters. The highest BCUT2D eigenvalue weighted by Crippen LogP contribution is 2.16. The molecule has 2 aromatic carbocycles. The molecule has 5 heteroatoms. The fraction of sp³-hybridized carbons (Fsp3) is 0.200. The standard InChI is InChI=1S/C15H16FNO2S/c1-2-20(18,19)14-9-7-13(8-10-14)17-11-12-5-3-4-6-15(12)16/h3-10,17H,2,11H2,1H3. The van der Waals surface area contributed by atoms with E-state index in [2.05, 4.69) is 5.32 Å². The van der Waals surface area contributed by atoms with Gasteiger partial charge < -0.3 is 5.32 Å². The normalized spacial score (nSPS) is 11.3. The maximum atomic E-state index is 13.4. The first-order valence-electron chi connectivity index (χ1n) is 6.33. The molecule has 0 bridgehead atoms. The van der Waals surface area contributed by atoms with E-state index in [1.807, 2.05) is 0 Å². The Labute approximate surface area is 118 Å². The van der Waals surface area contributed by atoms with E-state index in [-0.39, 0.29) is 11.6 Å². The third kappa shape index (κ3) is 3.36. The second-order valence-electron chi connectivity index (χ2n) is 4.37. The van der Waals surface area contributed by atoms with Gasteiger partial charge in [0, 0.05) is 17.8 Å². The Morgan fingerprint density at radius 3 is 2.30 bits per heavy atom. The molecule has 0 fully saturated rings. The van der Waals surface area contributed by atoms with Crippen LogP contribution < -0.4 is 5.32 Å². The van der Waals surface area contributed by atoms with Gasteiger partial charge in [0.25, 0.3) is 0 Å². The molecule has 1 N–H and O–H groups in total. The lowest BCUT2D eigenvalue weighted by molar-refractivity contribution is 0.597. The van der Waals surface area contributed by atoms with Gasteiger partial charge >= 0.3 is 0 Å². The van der Waals surface area contributed by atoms with Crippen molar-refractivity contribution >= 4 is 15.5 Å². The van der Waals surface area contributed by atoms with Crippen molar-refractivity contribution < 1.29 is 12.8 Å². The molecule has 0 aliphatic rings. The maximum absolute atomic E-state index is 13.4. The highest BCUT2D eigenvalue weighted by molar-refractivity contribution is 7.91. The van der Waals surface area contributed by atoms with Crippen LogP contribution in [0.3, 0.4) is 0 Å². The first-order chi connectivity index (χ1) is 9.53. The van der Waals surface area contributed by atoms with E-state index in [4.69, 9.17) is 0 Å². The SMILES string of the molecule is CCS(=O)(=O)c1ccc(NCc2ccccc2F)cc1. The Balaban J connectivity index is 2.07. The summed E-state index contributed by atoms with van der Waals surface area (Å²) in [6, 6.07) is 13.0. The highest BCUT2D eigenvalue weighted by atomic mass is 32.2. The quantitative estimate of drug-likeness (QED) is 0.920. The van der Waals surface area contributed by atoms with Gasteiger partial charge in [-0.3, -0.25) is 0 Å². The maximum Gasteiger partial charge on any atom is 0.178 e. The van der Waals surface area contributed by atoms with Crippen LogP contribution in [-0.4, -0.2) is 14.2 Å². The number of hydrogen-bond acceptors (Lipinski definition) is 3. The van der Waals surface area contributed by atoms with Crippen LogP contribution in [0.1, 0.15) is 12.5 Å². The van der Waals surface area contributed by atoms with Gasteiger partial charge in [-0.2, -0.15) is 0 Å². The van der Waals surface area contributed by atoms with Crippen molar-refractivity contribution in [2.45, 2.75) is 18.4 Å². The fourth-order valence-corrected chi connectivity index (χ4v) is 2.67. The third-order valence-corrected chi connectivity index (χ3v) is 4.78. The van der Waals surface area contributed by atoms with Crippen molar-refractivity contribution in [3.8, 4) is 0 Å². The van der Waals surface area contributed by atoms with E-state index in [0.29, 0.717) is 17.0 Å². The lowest BCUT2D eigenvalue weighted by atomic mass is 10.2. The monoisotopic (exact) mass is 293 g/mol. The summed E-state index contributed by atoms with van der Waals surface area (Å²) < 4.78 is 36.8. The number of halogens is 1. The first-order valence-corrected chi connectivity index (χ1v) is 7.98. The summed E-state index contributed by atoms with van der Waals surface area (Å²) in [5.74, 6) is -0.181. The van der Waals surface area contributed by atoms with Crippen LogP contribution in [-0.2, 0) is 16.4 Å². The predicted molar refractivity (Wildman–Crippen MR) is 77.9 cm³/mol. The molecule has 0 radical (unpaired) electrons. The zero-order valence-electron chi connectivity index (χ0n) is 11.1. The lowest BCUT2D eigenvalue weighted by Gasteiger charge is -2.08. The van der Waals surface area contributed by atoms with Crippen molar-refractivity contribution in [2.75, 3.05) is 11.1 Å². The summed E-state index contributed by atoms with van der Waals surface area (Å²) >= 11 is 0. The van der Waals surface area contributed by atoms with E-state index < -0.39 is 9.84 Å². The van der Waals surface area contributed by atoms with Gasteiger partial charge in [0.15, 0.2) is 9.84 Å². The van der Waals surface area contributed by atoms with Gasteiger partial charge in [-0.25, -0.2) is 12.8 Å². The van der Waals surface area contributed by atoms with Crippen LogP contribution in [0.5, 0.6) is 0 Å². The van der Waals surface area contributed by atoms with Crippen molar-refractivity contribution in [3.63, 3.8) is 0 Å². The van der Waals surface area contributed by atoms with E-state index in [9.17, 15) is 12.8 Å². The summed E-state index contributed by atoms with van der Waals surface area (Å²) in [6.45, 7) is 1.96. The minimum absolute atomic E-state index is 0.0784. The largest absolute Gasteiger partial charge is 0.381 e. The number of hydrogen-bond donors (Lipinski definition) is 1. The van der Waals surface area contributed by atoms with Crippen LogP contribution >= 0.6 is 0 Å². The fourth-order valence-electron chi connectivity index (χ4n) is 1.79. The van der Waals surface area contributed by atoms with Crippen molar-refractivity contribution in [3.05, 3.63) is 59.9 Å². The third-order valence-electron chi connectivity index (χ3n) is 3.03. The van der Waals surface area contributed by atoms with Gasteiger partial charge in [-0.15, -0.1) is 0 Å². The van der Waals surface area contributed by atoms with E-state index >= 15 is 0 Å². The van der Waals surface area contributed by atoms with Gasteiger partial charge in [-0.1, -0.05) is 25.1 Å². The molecule has 0 saturated heterocycles. The van der Waals surface area contributed by atoms with E-state index in [1.54, 1.807) is 49.4 Å². The molecular formula is C15H16FNO2S. The lowest BCUT2D eigenvalue weighted by Crippen LogP contribution is -2.04. The van der Waals surface area contributed by atoms with Gasteiger partial charge in [-0.05, 0) is 30.3 Å². The molecule has 3 nitrogen and oxygen atoms in total. The molecule has 0 atom stereocenters. The number of rotatable bonds is 5. The molecule has 0 aliphatic heterocycles. The Bertz CT molecular complexity index is 681. The molecule has 106 valence electrons.